The number of anilines is 1. The van der Waals surface area contributed by atoms with Crippen molar-refractivity contribution in [2.45, 2.75) is 51.8 Å². The predicted molar refractivity (Wildman–Crippen MR) is 94.3 cm³/mol. The summed E-state index contributed by atoms with van der Waals surface area (Å²) in [5.41, 5.74) is 6.82. The number of amides is 2. The molecule has 0 aromatic carbocycles. The predicted octanol–water partition coefficient (Wildman–Crippen LogP) is 1.98. The highest BCUT2D eigenvalue weighted by atomic mass is 32.1. The number of carbonyl (C=O) groups excluding carboxylic acids is 2. The van der Waals surface area contributed by atoms with E-state index in [0.717, 1.165) is 10.4 Å². The summed E-state index contributed by atoms with van der Waals surface area (Å²) in [6, 6.07) is 2.04. The van der Waals surface area contributed by atoms with Crippen LogP contribution in [-0.2, 0) is 22.5 Å². The lowest BCUT2D eigenvalue weighted by Gasteiger charge is -2.29. The Labute approximate surface area is 150 Å². The Balaban J connectivity index is 1.85. The molecule has 3 heterocycles. The number of fused-ring (bicyclic) bond motifs is 1. The molecule has 0 spiro atoms. The summed E-state index contributed by atoms with van der Waals surface area (Å²) in [6.45, 7) is 6.83. The van der Waals surface area contributed by atoms with E-state index in [1.165, 1.54) is 11.3 Å². The average Bonchev–Trinajstić information content (AvgIpc) is 3.03. The summed E-state index contributed by atoms with van der Waals surface area (Å²) in [5.74, 6) is -0.0494. The van der Waals surface area contributed by atoms with Gasteiger partial charge in [0, 0.05) is 30.4 Å². The number of nitriles is 1. The maximum absolute atomic E-state index is 12.3. The third kappa shape index (κ3) is 3.48. The van der Waals surface area contributed by atoms with Gasteiger partial charge >= 0.3 is 6.09 Å². The van der Waals surface area contributed by atoms with Crippen molar-refractivity contribution in [3.63, 3.8) is 0 Å². The Morgan fingerprint density at radius 2 is 2.16 bits per heavy atom. The largest absolute Gasteiger partial charge is 0.444 e. The minimum Gasteiger partial charge on any atom is -0.444 e. The number of hydrogen-bond donors (Lipinski definition) is 1. The minimum absolute atomic E-state index is 0.0494. The van der Waals surface area contributed by atoms with Gasteiger partial charge in [-0.3, -0.25) is 4.79 Å². The topological polar surface area (TPSA) is 99.7 Å². The van der Waals surface area contributed by atoms with Gasteiger partial charge in [-0.05, 0) is 32.8 Å². The van der Waals surface area contributed by atoms with Gasteiger partial charge in [-0.1, -0.05) is 0 Å². The van der Waals surface area contributed by atoms with Gasteiger partial charge < -0.3 is 20.3 Å². The molecule has 1 aromatic rings. The molecule has 2 N–H and O–H groups in total. The molecule has 134 valence electrons. The van der Waals surface area contributed by atoms with Gasteiger partial charge in [-0.2, -0.15) is 5.26 Å². The zero-order valence-electron chi connectivity index (χ0n) is 14.7. The molecule has 2 amide bonds. The zero-order valence-corrected chi connectivity index (χ0v) is 15.5. The van der Waals surface area contributed by atoms with Crippen LogP contribution in [0, 0.1) is 11.3 Å². The highest BCUT2D eigenvalue weighted by molar-refractivity contribution is 7.16. The van der Waals surface area contributed by atoms with Gasteiger partial charge in [0.25, 0.3) is 0 Å². The fraction of sp³-hybridized carbons (Fsp3) is 0.588. The first-order chi connectivity index (χ1) is 11.7. The molecule has 0 radical (unpaired) electrons. The molecule has 2 aliphatic heterocycles. The standard InChI is InChI=1S/C17H22N4O3S/c1-17(2,3)24-16(23)20-5-4-11-12(7-18)15(25-13(11)9-20)21-8-10(19)6-14(21)22/h10H,4-6,8-9,19H2,1-3H3. The van der Waals surface area contributed by atoms with Crippen LogP contribution < -0.4 is 10.6 Å². The fourth-order valence-electron chi connectivity index (χ4n) is 3.11. The van der Waals surface area contributed by atoms with E-state index in [1.54, 1.807) is 9.80 Å². The summed E-state index contributed by atoms with van der Waals surface area (Å²) < 4.78 is 5.43. The second kappa shape index (κ2) is 6.32. The zero-order chi connectivity index (χ0) is 18.4. The van der Waals surface area contributed by atoms with Gasteiger partial charge in [-0.25, -0.2) is 4.79 Å². The van der Waals surface area contributed by atoms with Gasteiger partial charge in [0.05, 0.1) is 12.1 Å². The van der Waals surface area contributed by atoms with Crippen LogP contribution in [0.15, 0.2) is 0 Å². The summed E-state index contributed by atoms with van der Waals surface area (Å²) in [6.07, 6.45) is 0.533. The molecule has 1 saturated heterocycles. The molecule has 2 aliphatic rings. The number of thiophene rings is 1. The Morgan fingerprint density at radius 1 is 1.44 bits per heavy atom. The lowest BCUT2D eigenvalue weighted by Crippen LogP contribution is -2.39. The first-order valence-corrected chi connectivity index (χ1v) is 9.09. The van der Waals surface area contributed by atoms with E-state index in [4.69, 9.17) is 10.5 Å². The van der Waals surface area contributed by atoms with E-state index in [2.05, 4.69) is 6.07 Å². The summed E-state index contributed by atoms with van der Waals surface area (Å²) in [4.78, 5) is 28.7. The Morgan fingerprint density at radius 3 is 2.72 bits per heavy atom. The number of hydrogen-bond acceptors (Lipinski definition) is 6. The number of ether oxygens (including phenoxy) is 1. The van der Waals surface area contributed by atoms with E-state index < -0.39 is 5.60 Å². The number of carbonyl (C=O) groups is 2. The molecule has 0 bridgehead atoms. The minimum atomic E-state index is -0.548. The van der Waals surface area contributed by atoms with Crippen LogP contribution in [-0.4, -0.2) is 41.6 Å². The highest BCUT2D eigenvalue weighted by Crippen LogP contribution is 2.40. The second-order valence-electron chi connectivity index (χ2n) is 7.42. The van der Waals surface area contributed by atoms with Crippen LogP contribution in [0.1, 0.15) is 43.2 Å². The first kappa shape index (κ1) is 17.7. The van der Waals surface area contributed by atoms with Gasteiger partial charge in [-0.15, -0.1) is 11.3 Å². The van der Waals surface area contributed by atoms with E-state index in [1.807, 2.05) is 20.8 Å². The lowest BCUT2D eigenvalue weighted by atomic mass is 10.0. The molecule has 7 nitrogen and oxygen atoms in total. The molecule has 0 saturated carbocycles. The monoisotopic (exact) mass is 362 g/mol. The van der Waals surface area contributed by atoms with Crippen LogP contribution in [0.5, 0.6) is 0 Å². The van der Waals surface area contributed by atoms with E-state index in [0.29, 0.717) is 43.0 Å². The Bertz CT molecular complexity index is 759. The summed E-state index contributed by atoms with van der Waals surface area (Å²) >= 11 is 1.41. The van der Waals surface area contributed by atoms with E-state index in [-0.39, 0.29) is 18.0 Å². The second-order valence-corrected chi connectivity index (χ2v) is 8.50. The van der Waals surface area contributed by atoms with Crippen molar-refractivity contribution >= 4 is 28.3 Å². The molecule has 1 unspecified atom stereocenters. The van der Waals surface area contributed by atoms with Crippen LogP contribution in [0.25, 0.3) is 0 Å². The molecule has 0 aliphatic carbocycles. The van der Waals surface area contributed by atoms with Crippen molar-refractivity contribution in [1.82, 2.24) is 4.90 Å². The number of nitrogens with two attached hydrogens (primary N) is 1. The smallest absolute Gasteiger partial charge is 0.410 e. The first-order valence-electron chi connectivity index (χ1n) is 8.28. The quantitative estimate of drug-likeness (QED) is 0.823. The molecular formula is C17H22N4O3S. The summed E-state index contributed by atoms with van der Waals surface area (Å²) in [5, 5.41) is 10.2. The average molecular weight is 362 g/mol. The van der Waals surface area contributed by atoms with Gasteiger partial charge in [0.2, 0.25) is 5.91 Å². The maximum Gasteiger partial charge on any atom is 0.410 e. The van der Waals surface area contributed by atoms with Crippen molar-refractivity contribution in [1.29, 1.82) is 5.26 Å². The van der Waals surface area contributed by atoms with Crippen molar-refractivity contribution in [3.05, 3.63) is 16.0 Å². The number of rotatable bonds is 1. The molecule has 8 heteroatoms. The normalized spacial score (nSPS) is 20.4. The fourth-order valence-corrected chi connectivity index (χ4v) is 4.45. The molecular weight excluding hydrogens is 340 g/mol. The summed E-state index contributed by atoms with van der Waals surface area (Å²) in [7, 11) is 0. The van der Waals surface area contributed by atoms with Crippen LogP contribution >= 0.6 is 11.3 Å². The Kier molecular flexibility index (Phi) is 4.47. The molecule has 1 fully saturated rings. The van der Waals surface area contributed by atoms with Crippen molar-refractivity contribution < 1.29 is 14.3 Å². The van der Waals surface area contributed by atoms with E-state index in [9.17, 15) is 14.9 Å². The molecule has 1 atom stereocenters. The lowest BCUT2D eigenvalue weighted by molar-refractivity contribution is -0.117. The van der Waals surface area contributed by atoms with Crippen LogP contribution in [0.4, 0.5) is 9.80 Å². The third-order valence-electron chi connectivity index (χ3n) is 4.20. The number of nitrogens with zero attached hydrogens (tertiary/aromatic N) is 3. The van der Waals surface area contributed by atoms with Gasteiger partial charge in [0.15, 0.2) is 0 Å². The van der Waals surface area contributed by atoms with Crippen LogP contribution in [0.3, 0.4) is 0 Å². The Hall–Kier alpha value is -2.11. The molecule has 1 aromatic heterocycles. The maximum atomic E-state index is 12.3. The van der Waals surface area contributed by atoms with Crippen molar-refractivity contribution in [3.8, 4) is 6.07 Å². The van der Waals surface area contributed by atoms with E-state index >= 15 is 0 Å². The van der Waals surface area contributed by atoms with Crippen LogP contribution in [0.2, 0.25) is 0 Å². The van der Waals surface area contributed by atoms with Crippen molar-refractivity contribution in [2.24, 2.45) is 5.73 Å². The molecule has 25 heavy (non-hydrogen) atoms. The van der Waals surface area contributed by atoms with Gasteiger partial charge in [0.1, 0.15) is 16.7 Å². The third-order valence-corrected chi connectivity index (χ3v) is 5.44. The van der Waals surface area contributed by atoms with Crippen molar-refractivity contribution in [2.75, 3.05) is 18.0 Å². The highest BCUT2D eigenvalue weighted by Gasteiger charge is 2.35. The molecule has 3 rings (SSSR count). The SMILES string of the molecule is CC(C)(C)OC(=O)N1CCc2c(sc(N3CC(N)CC3=O)c2C#N)C1.